The highest BCUT2D eigenvalue weighted by atomic mass is 19.4. The van der Waals surface area contributed by atoms with Gasteiger partial charge in [0, 0.05) is 17.7 Å². The number of H-pyrrole nitrogens is 1. The molecule has 0 aliphatic rings. The highest BCUT2D eigenvalue weighted by molar-refractivity contribution is 5.68. The number of benzene rings is 1. The maximum Gasteiger partial charge on any atom is 0.433 e. The van der Waals surface area contributed by atoms with Gasteiger partial charge in [0.1, 0.15) is 5.69 Å². The van der Waals surface area contributed by atoms with E-state index in [1.165, 1.54) is 0 Å². The molecule has 2 aromatic rings. The Morgan fingerprint density at radius 2 is 1.95 bits per heavy atom. The van der Waals surface area contributed by atoms with Crippen LogP contribution in [0.2, 0.25) is 0 Å². The van der Waals surface area contributed by atoms with Crippen molar-refractivity contribution in [3.05, 3.63) is 40.6 Å². The Kier molecular flexibility index (Phi) is 3.36. The predicted molar refractivity (Wildman–Crippen MR) is 66.4 cm³/mol. The zero-order valence-corrected chi connectivity index (χ0v) is 10.6. The van der Waals surface area contributed by atoms with E-state index in [4.69, 9.17) is 5.73 Å². The predicted octanol–water partition coefficient (Wildman–Crippen LogP) is 3.17. The topological polar surface area (TPSA) is 54.7 Å². The van der Waals surface area contributed by atoms with Gasteiger partial charge >= 0.3 is 6.18 Å². The molecule has 3 nitrogen and oxygen atoms in total. The lowest BCUT2D eigenvalue weighted by molar-refractivity contribution is -0.141. The number of halogens is 3. The molecule has 6 heteroatoms. The summed E-state index contributed by atoms with van der Waals surface area (Å²) < 4.78 is 38.4. The van der Waals surface area contributed by atoms with E-state index in [1.54, 1.807) is 6.07 Å². The first-order chi connectivity index (χ1) is 8.84. The fraction of sp³-hybridized carbons (Fsp3) is 0.308. The van der Waals surface area contributed by atoms with Crippen molar-refractivity contribution in [3.63, 3.8) is 0 Å². The van der Waals surface area contributed by atoms with Crippen molar-refractivity contribution >= 4 is 0 Å². The number of hydrogen-bond acceptors (Lipinski definition) is 2. The molecular weight excluding hydrogens is 255 g/mol. The van der Waals surface area contributed by atoms with Crippen LogP contribution in [-0.2, 0) is 12.7 Å². The Morgan fingerprint density at radius 3 is 2.47 bits per heavy atom. The smallest absolute Gasteiger partial charge is 0.326 e. The van der Waals surface area contributed by atoms with Gasteiger partial charge in [-0.1, -0.05) is 23.8 Å². The summed E-state index contributed by atoms with van der Waals surface area (Å²) in [7, 11) is 0. The number of aromatic amines is 1. The molecule has 1 heterocycles. The minimum Gasteiger partial charge on any atom is -0.326 e. The zero-order valence-electron chi connectivity index (χ0n) is 10.6. The van der Waals surface area contributed by atoms with E-state index in [1.807, 2.05) is 26.0 Å². The summed E-state index contributed by atoms with van der Waals surface area (Å²) in [4.78, 5) is 0. The lowest BCUT2D eigenvalue weighted by atomic mass is 9.99. The van der Waals surface area contributed by atoms with E-state index < -0.39 is 11.9 Å². The number of aromatic nitrogens is 2. The number of nitrogens with two attached hydrogens (primary N) is 1. The van der Waals surface area contributed by atoms with E-state index in [2.05, 4.69) is 10.2 Å². The third kappa shape index (κ3) is 2.49. The Bertz CT molecular complexity index is 600. The number of hydrogen-bond donors (Lipinski definition) is 2. The third-order valence-corrected chi connectivity index (χ3v) is 2.99. The first kappa shape index (κ1) is 13.6. The molecule has 0 bridgehead atoms. The second-order valence-electron chi connectivity index (χ2n) is 4.45. The van der Waals surface area contributed by atoms with Crippen molar-refractivity contribution in [1.82, 2.24) is 10.2 Å². The summed E-state index contributed by atoms with van der Waals surface area (Å²) in [6, 6.07) is 5.50. The van der Waals surface area contributed by atoms with Gasteiger partial charge in [-0.05, 0) is 19.4 Å². The lowest BCUT2D eigenvalue weighted by Crippen LogP contribution is -2.11. The van der Waals surface area contributed by atoms with Crippen molar-refractivity contribution in [2.45, 2.75) is 26.6 Å². The van der Waals surface area contributed by atoms with Gasteiger partial charge in [-0.2, -0.15) is 18.3 Å². The summed E-state index contributed by atoms with van der Waals surface area (Å²) >= 11 is 0. The molecule has 0 saturated carbocycles. The molecule has 0 atom stereocenters. The highest BCUT2D eigenvalue weighted by Crippen LogP contribution is 2.35. The summed E-state index contributed by atoms with van der Waals surface area (Å²) in [6.45, 7) is 3.55. The number of nitrogens with zero attached hydrogens (tertiary/aromatic N) is 1. The maximum atomic E-state index is 12.8. The lowest BCUT2D eigenvalue weighted by Gasteiger charge is -2.08. The molecule has 2 rings (SSSR count). The van der Waals surface area contributed by atoms with Crippen molar-refractivity contribution in [3.8, 4) is 11.3 Å². The average Bonchev–Trinajstić information content (AvgIpc) is 2.72. The molecule has 0 fully saturated rings. The molecule has 0 aliphatic heterocycles. The number of rotatable bonds is 2. The van der Waals surface area contributed by atoms with Gasteiger partial charge in [0.2, 0.25) is 0 Å². The van der Waals surface area contributed by atoms with Gasteiger partial charge in [0.15, 0.2) is 0 Å². The van der Waals surface area contributed by atoms with Crippen LogP contribution in [0.4, 0.5) is 13.2 Å². The first-order valence-corrected chi connectivity index (χ1v) is 5.76. The van der Waals surface area contributed by atoms with Crippen LogP contribution in [0.5, 0.6) is 0 Å². The minimum atomic E-state index is -4.47. The summed E-state index contributed by atoms with van der Waals surface area (Å²) in [5, 5.41) is 5.84. The molecule has 1 aromatic heterocycles. The van der Waals surface area contributed by atoms with Crippen molar-refractivity contribution in [2.24, 2.45) is 5.73 Å². The quantitative estimate of drug-likeness (QED) is 0.879. The standard InChI is InChI=1S/C13H14F3N3/c1-7-3-4-9(8(2)5-7)11-10(6-17)12(19-18-11)13(14,15)16/h3-5H,6,17H2,1-2H3,(H,18,19). The van der Waals surface area contributed by atoms with E-state index in [9.17, 15) is 13.2 Å². The largest absolute Gasteiger partial charge is 0.433 e. The van der Waals surface area contributed by atoms with Crippen LogP contribution >= 0.6 is 0 Å². The van der Waals surface area contributed by atoms with Crippen molar-refractivity contribution in [2.75, 3.05) is 0 Å². The molecule has 3 N–H and O–H groups in total. The third-order valence-electron chi connectivity index (χ3n) is 2.99. The van der Waals surface area contributed by atoms with Crippen LogP contribution in [0, 0.1) is 13.8 Å². The zero-order chi connectivity index (χ0) is 14.2. The summed E-state index contributed by atoms with van der Waals surface area (Å²) in [6.07, 6.45) is -4.47. The number of nitrogens with one attached hydrogen (secondary N) is 1. The second kappa shape index (κ2) is 4.70. The molecule has 0 aliphatic carbocycles. The Morgan fingerprint density at radius 1 is 1.26 bits per heavy atom. The molecule has 102 valence electrons. The normalized spacial score (nSPS) is 11.9. The van der Waals surface area contributed by atoms with Gasteiger partial charge in [-0.25, -0.2) is 0 Å². The van der Waals surface area contributed by atoms with Crippen LogP contribution in [0.25, 0.3) is 11.3 Å². The maximum absolute atomic E-state index is 12.8. The van der Waals surface area contributed by atoms with E-state index in [0.717, 1.165) is 11.1 Å². The number of aryl methyl sites for hydroxylation is 2. The van der Waals surface area contributed by atoms with E-state index in [-0.39, 0.29) is 17.8 Å². The number of alkyl halides is 3. The van der Waals surface area contributed by atoms with Gasteiger partial charge in [0.05, 0.1) is 5.69 Å². The molecule has 0 amide bonds. The van der Waals surface area contributed by atoms with Gasteiger partial charge < -0.3 is 5.73 Å². The molecule has 0 unspecified atom stereocenters. The Labute approximate surface area is 108 Å². The highest BCUT2D eigenvalue weighted by Gasteiger charge is 2.37. The molecule has 19 heavy (non-hydrogen) atoms. The second-order valence-corrected chi connectivity index (χ2v) is 4.45. The first-order valence-electron chi connectivity index (χ1n) is 5.76. The van der Waals surface area contributed by atoms with E-state index >= 15 is 0 Å². The fourth-order valence-corrected chi connectivity index (χ4v) is 2.10. The van der Waals surface area contributed by atoms with Crippen LogP contribution in [0.15, 0.2) is 18.2 Å². The molecule has 0 radical (unpaired) electrons. The van der Waals surface area contributed by atoms with Crippen LogP contribution < -0.4 is 5.73 Å². The molecule has 0 spiro atoms. The summed E-state index contributed by atoms with van der Waals surface area (Å²) in [5.41, 5.74) is 7.43. The van der Waals surface area contributed by atoms with Gasteiger partial charge in [0.25, 0.3) is 0 Å². The van der Waals surface area contributed by atoms with Gasteiger partial charge in [-0.3, -0.25) is 5.10 Å². The van der Waals surface area contributed by atoms with E-state index in [0.29, 0.717) is 5.56 Å². The molecular formula is C13H14F3N3. The molecule has 1 aromatic carbocycles. The fourth-order valence-electron chi connectivity index (χ4n) is 2.10. The minimum absolute atomic E-state index is 0.000506. The van der Waals surface area contributed by atoms with Gasteiger partial charge in [-0.15, -0.1) is 0 Å². The Balaban J connectivity index is 2.60. The van der Waals surface area contributed by atoms with Crippen LogP contribution in [0.1, 0.15) is 22.4 Å². The summed E-state index contributed by atoms with van der Waals surface area (Å²) in [5.74, 6) is 0. The van der Waals surface area contributed by atoms with Crippen LogP contribution in [-0.4, -0.2) is 10.2 Å². The average molecular weight is 269 g/mol. The van der Waals surface area contributed by atoms with Crippen LogP contribution in [0.3, 0.4) is 0 Å². The monoisotopic (exact) mass is 269 g/mol. The van der Waals surface area contributed by atoms with Crippen molar-refractivity contribution in [1.29, 1.82) is 0 Å². The molecule has 0 saturated heterocycles. The van der Waals surface area contributed by atoms with Crippen molar-refractivity contribution < 1.29 is 13.2 Å². The Hall–Kier alpha value is -1.82. The SMILES string of the molecule is Cc1ccc(-c2n[nH]c(C(F)(F)F)c2CN)c(C)c1.